The fourth-order valence-corrected chi connectivity index (χ4v) is 4.42. The lowest BCUT2D eigenvalue weighted by Gasteiger charge is -2.29. The van der Waals surface area contributed by atoms with Crippen LogP contribution >= 0.6 is 12.2 Å². The lowest BCUT2D eigenvalue weighted by atomic mass is 10.0. The zero-order valence-corrected chi connectivity index (χ0v) is 17.2. The first-order valence-corrected chi connectivity index (χ1v) is 10.3. The standard InChI is InChI=1S/C24H19FN4OS/c25-16-7-5-8-17(15-16)28-14-6-11-20(28)23-22(18-9-3-4-13-26-18)27-24(31)29(23)19-10-1-2-12-21(19)30/h1-15,22-23,30H,(H,27,31). The minimum atomic E-state index is -0.325. The van der Waals surface area contributed by atoms with Gasteiger partial charge in [-0.25, -0.2) is 4.39 Å². The van der Waals surface area contributed by atoms with Gasteiger partial charge >= 0.3 is 0 Å². The van der Waals surface area contributed by atoms with Crippen molar-refractivity contribution in [3.8, 4) is 11.4 Å². The van der Waals surface area contributed by atoms with E-state index in [0.29, 0.717) is 16.5 Å². The van der Waals surface area contributed by atoms with Crippen LogP contribution in [0.5, 0.6) is 5.75 Å². The topological polar surface area (TPSA) is 53.3 Å². The molecule has 2 aromatic heterocycles. The van der Waals surface area contributed by atoms with Crippen molar-refractivity contribution in [1.29, 1.82) is 0 Å². The summed E-state index contributed by atoms with van der Waals surface area (Å²) in [5.41, 5.74) is 3.00. The van der Waals surface area contributed by atoms with E-state index in [9.17, 15) is 9.50 Å². The van der Waals surface area contributed by atoms with E-state index in [4.69, 9.17) is 12.2 Å². The quantitative estimate of drug-likeness (QED) is 0.452. The second-order valence-corrected chi connectivity index (χ2v) is 7.65. The van der Waals surface area contributed by atoms with Crippen LogP contribution < -0.4 is 10.2 Å². The number of halogens is 1. The number of aromatic hydroxyl groups is 1. The number of aromatic nitrogens is 2. The number of phenolic OH excluding ortho intramolecular Hbond substituents is 1. The fourth-order valence-electron chi connectivity index (χ4n) is 4.08. The van der Waals surface area contributed by atoms with E-state index in [1.807, 2.05) is 64.2 Å². The lowest BCUT2D eigenvalue weighted by molar-refractivity contribution is 0.472. The van der Waals surface area contributed by atoms with E-state index in [1.54, 1.807) is 24.4 Å². The molecule has 0 radical (unpaired) electrons. The summed E-state index contributed by atoms with van der Waals surface area (Å²) in [7, 11) is 0. The molecule has 1 saturated heterocycles. The fraction of sp³-hybridized carbons (Fsp3) is 0.0833. The van der Waals surface area contributed by atoms with Gasteiger partial charge in [0.15, 0.2) is 5.11 Å². The van der Waals surface area contributed by atoms with E-state index in [2.05, 4.69) is 10.3 Å². The van der Waals surface area contributed by atoms with Crippen molar-refractivity contribution >= 4 is 23.0 Å². The van der Waals surface area contributed by atoms with E-state index in [-0.39, 0.29) is 23.7 Å². The molecular formula is C24H19FN4OS. The van der Waals surface area contributed by atoms with Crippen molar-refractivity contribution < 1.29 is 9.50 Å². The number of para-hydroxylation sites is 2. The normalized spacial score (nSPS) is 18.2. The molecule has 2 N–H and O–H groups in total. The van der Waals surface area contributed by atoms with Crippen molar-refractivity contribution in [1.82, 2.24) is 14.9 Å². The van der Waals surface area contributed by atoms with Crippen molar-refractivity contribution in [2.24, 2.45) is 0 Å². The van der Waals surface area contributed by atoms with Gasteiger partial charge in [-0.05, 0) is 66.8 Å². The monoisotopic (exact) mass is 430 g/mol. The number of hydrogen-bond acceptors (Lipinski definition) is 3. The molecule has 2 unspecified atom stereocenters. The highest BCUT2D eigenvalue weighted by molar-refractivity contribution is 7.80. The van der Waals surface area contributed by atoms with Crippen LogP contribution in [-0.2, 0) is 0 Å². The average molecular weight is 431 g/mol. The highest BCUT2D eigenvalue weighted by atomic mass is 32.1. The highest BCUT2D eigenvalue weighted by Crippen LogP contribution is 2.44. The molecule has 7 heteroatoms. The number of benzene rings is 2. The maximum Gasteiger partial charge on any atom is 0.174 e. The molecule has 0 aliphatic carbocycles. The van der Waals surface area contributed by atoms with Crippen LogP contribution in [0.2, 0.25) is 0 Å². The van der Waals surface area contributed by atoms with Crippen molar-refractivity contribution in [3.63, 3.8) is 0 Å². The van der Waals surface area contributed by atoms with Crippen molar-refractivity contribution in [2.75, 3.05) is 4.90 Å². The van der Waals surface area contributed by atoms with E-state index < -0.39 is 0 Å². The Morgan fingerprint density at radius 3 is 2.58 bits per heavy atom. The van der Waals surface area contributed by atoms with Crippen LogP contribution in [-0.4, -0.2) is 19.8 Å². The van der Waals surface area contributed by atoms with Gasteiger partial charge in [0, 0.05) is 23.8 Å². The third kappa shape index (κ3) is 3.43. The molecule has 0 spiro atoms. The van der Waals surface area contributed by atoms with Gasteiger partial charge in [0.05, 0.1) is 17.4 Å². The Balaban J connectivity index is 1.69. The minimum Gasteiger partial charge on any atom is -0.506 e. The summed E-state index contributed by atoms with van der Waals surface area (Å²) in [4.78, 5) is 6.44. The highest BCUT2D eigenvalue weighted by Gasteiger charge is 2.42. The van der Waals surface area contributed by atoms with Crippen molar-refractivity contribution in [2.45, 2.75) is 12.1 Å². The maximum absolute atomic E-state index is 14.0. The van der Waals surface area contributed by atoms with Gasteiger partial charge < -0.3 is 19.9 Å². The summed E-state index contributed by atoms with van der Waals surface area (Å²) in [5, 5.41) is 14.4. The van der Waals surface area contributed by atoms with E-state index in [1.165, 1.54) is 12.1 Å². The summed E-state index contributed by atoms with van der Waals surface area (Å²) < 4.78 is 15.9. The summed E-state index contributed by atoms with van der Waals surface area (Å²) in [6.45, 7) is 0. The Labute approximate surface area is 184 Å². The number of rotatable bonds is 4. The van der Waals surface area contributed by atoms with Gasteiger partial charge in [0.25, 0.3) is 0 Å². The van der Waals surface area contributed by atoms with Gasteiger partial charge in [-0.1, -0.05) is 24.3 Å². The summed E-state index contributed by atoms with van der Waals surface area (Å²) in [6, 6.07) is 22.6. The van der Waals surface area contributed by atoms with Gasteiger partial charge in [-0.2, -0.15) is 0 Å². The van der Waals surface area contributed by atoms with Crippen molar-refractivity contribution in [3.05, 3.63) is 108 Å². The van der Waals surface area contributed by atoms with Crippen LogP contribution in [0.25, 0.3) is 5.69 Å². The molecule has 4 aromatic rings. The average Bonchev–Trinajstić information content (AvgIpc) is 3.39. The number of hydrogen-bond donors (Lipinski definition) is 2. The SMILES string of the molecule is Oc1ccccc1N1C(=S)NC(c2ccccn2)C1c1cccn1-c1cccc(F)c1. The molecule has 154 valence electrons. The summed E-state index contributed by atoms with van der Waals surface area (Å²) >= 11 is 5.70. The molecule has 5 rings (SSSR count). The number of pyridine rings is 1. The molecule has 31 heavy (non-hydrogen) atoms. The first-order valence-electron chi connectivity index (χ1n) is 9.85. The van der Waals surface area contributed by atoms with Gasteiger partial charge in [-0.15, -0.1) is 0 Å². The molecule has 1 fully saturated rings. The van der Waals surface area contributed by atoms with Gasteiger partial charge in [-0.3, -0.25) is 4.98 Å². The maximum atomic E-state index is 14.0. The molecule has 1 aliphatic rings. The first kappa shape index (κ1) is 19.3. The number of anilines is 1. The molecule has 5 nitrogen and oxygen atoms in total. The Morgan fingerprint density at radius 2 is 1.81 bits per heavy atom. The van der Waals surface area contributed by atoms with Crippen LogP contribution in [0.1, 0.15) is 23.5 Å². The van der Waals surface area contributed by atoms with Gasteiger partial charge in [0.2, 0.25) is 0 Å². The number of nitrogens with one attached hydrogen (secondary N) is 1. The minimum absolute atomic E-state index is 0.127. The second-order valence-electron chi connectivity index (χ2n) is 7.27. The van der Waals surface area contributed by atoms with Crippen LogP contribution in [0.4, 0.5) is 10.1 Å². The Hall–Kier alpha value is -3.71. The zero-order chi connectivity index (χ0) is 21.4. The first-order chi connectivity index (χ1) is 15.1. The Bertz CT molecular complexity index is 1240. The third-order valence-electron chi connectivity index (χ3n) is 5.41. The molecule has 2 aromatic carbocycles. The number of thiocarbonyl (C=S) groups is 1. The smallest absolute Gasteiger partial charge is 0.174 e. The molecule has 3 heterocycles. The molecule has 0 saturated carbocycles. The molecule has 0 amide bonds. The number of nitrogens with zero attached hydrogens (tertiary/aromatic N) is 3. The molecule has 2 atom stereocenters. The predicted molar refractivity (Wildman–Crippen MR) is 122 cm³/mol. The number of phenols is 1. The molecule has 0 bridgehead atoms. The lowest BCUT2D eigenvalue weighted by Crippen LogP contribution is -2.30. The van der Waals surface area contributed by atoms with Crippen LogP contribution in [0.15, 0.2) is 91.3 Å². The molecule has 1 aliphatic heterocycles. The Kier molecular flexibility index (Phi) is 4.88. The summed E-state index contributed by atoms with van der Waals surface area (Å²) in [5.74, 6) is -0.182. The largest absolute Gasteiger partial charge is 0.506 e. The molecular weight excluding hydrogens is 411 g/mol. The summed E-state index contributed by atoms with van der Waals surface area (Å²) in [6.07, 6.45) is 3.63. The van der Waals surface area contributed by atoms with E-state index in [0.717, 1.165) is 11.4 Å². The Morgan fingerprint density at radius 1 is 0.968 bits per heavy atom. The second kappa shape index (κ2) is 7.85. The zero-order valence-electron chi connectivity index (χ0n) is 16.4. The predicted octanol–water partition coefficient (Wildman–Crippen LogP) is 4.89. The van der Waals surface area contributed by atoms with E-state index >= 15 is 0 Å². The third-order valence-corrected chi connectivity index (χ3v) is 5.72. The van der Waals surface area contributed by atoms with Crippen LogP contribution in [0, 0.1) is 5.82 Å². The van der Waals surface area contributed by atoms with Crippen LogP contribution in [0.3, 0.4) is 0 Å². The van der Waals surface area contributed by atoms with Gasteiger partial charge in [0.1, 0.15) is 17.6 Å².